The maximum atomic E-state index is 6.38. The third-order valence-corrected chi connectivity index (χ3v) is 3.65. The normalized spacial score (nSPS) is 19.8. The van der Waals surface area contributed by atoms with E-state index in [-0.39, 0.29) is 11.6 Å². The molecule has 90 valence electrons. The number of H-pyrrole nitrogens is 1. The number of aromatic nitrogens is 2. The van der Waals surface area contributed by atoms with Gasteiger partial charge in [0.1, 0.15) is 0 Å². The molecule has 1 heterocycles. The van der Waals surface area contributed by atoms with E-state index in [9.17, 15) is 0 Å². The van der Waals surface area contributed by atoms with Crippen molar-refractivity contribution in [1.82, 2.24) is 14.9 Å². The van der Waals surface area contributed by atoms with Gasteiger partial charge in [-0.25, -0.2) is 4.98 Å². The summed E-state index contributed by atoms with van der Waals surface area (Å²) in [5, 5.41) is 0. The number of nitrogens with two attached hydrogens (primary N) is 1. The van der Waals surface area contributed by atoms with Crippen molar-refractivity contribution < 1.29 is 0 Å². The van der Waals surface area contributed by atoms with Gasteiger partial charge in [-0.15, -0.1) is 0 Å². The van der Waals surface area contributed by atoms with Crippen LogP contribution >= 0.6 is 0 Å². The molecule has 0 spiro atoms. The lowest BCUT2D eigenvalue weighted by Crippen LogP contribution is -2.39. The summed E-state index contributed by atoms with van der Waals surface area (Å²) < 4.78 is 0. The zero-order valence-corrected chi connectivity index (χ0v) is 10.3. The highest BCUT2D eigenvalue weighted by Crippen LogP contribution is 2.46. The first-order chi connectivity index (χ1) is 8.10. The lowest BCUT2D eigenvalue weighted by atomic mass is 9.96. The Kier molecular flexibility index (Phi) is 2.24. The van der Waals surface area contributed by atoms with E-state index < -0.39 is 0 Å². The SMILES string of the molecule is CN(C)C(c1ccc2nc[nH]c2c1)C1(N)CC1. The molecule has 1 saturated carbocycles. The quantitative estimate of drug-likeness (QED) is 0.843. The minimum Gasteiger partial charge on any atom is -0.345 e. The van der Waals surface area contributed by atoms with Crippen molar-refractivity contribution in [3.05, 3.63) is 30.1 Å². The smallest absolute Gasteiger partial charge is 0.0931 e. The van der Waals surface area contributed by atoms with Gasteiger partial charge in [0.25, 0.3) is 0 Å². The molecular formula is C13H18N4. The van der Waals surface area contributed by atoms with Crippen LogP contribution in [0.2, 0.25) is 0 Å². The third-order valence-electron chi connectivity index (χ3n) is 3.65. The number of fused-ring (bicyclic) bond motifs is 1. The van der Waals surface area contributed by atoms with Crippen LogP contribution in [0.5, 0.6) is 0 Å². The fourth-order valence-electron chi connectivity index (χ4n) is 2.69. The molecule has 1 unspecified atom stereocenters. The van der Waals surface area contributed by atoms with Gasteiger partial charge in [-0.1, -0.05) is 6.07 Å². The van der Waals surface area contributed by atoms with Crippen molar-refractivity contribution in [2.24, 2.45) is 5.73 Å². The Labute approximate surface area is 101 Å². The molecule has 0 aliphatic heterocycles. The summed E-state index contributed by atoms with van der Waals surface area (Å²) in [7, 11) is 4.18. The predicted octanol–water partition coefficient (Wildman–Crippen LogP) is 1.66. The molecule has 0 saturated heterocycles. The molecule has 0 amide bonds. The molecule has 1 fully saturated rings. The number of aromatic amines is 1. The number of imidazole rings is 1. The zero-order valence-electron chi connectivity index (χ0n) is 10.3. The van der Waals surface area contributed by atoms with Gasteiger partial charge in [-0.3, -0.25) is 0 Å². The van der Waals surface area contributed by atoms with Gasteiger partial charge in [0, 0.05) is 5.54 Å². The lowest BCUT2D eigenvalue weighted by Gasteiger charge is -2.30. The Bertz CT molecular complexity index is 539. The molecule has 2 aromatic rings. The third kappa shape index (κ3) is 1.73. The van der Waals surface area contributed by atoms with E-state index >= 15 is 0 Å². The minimum atomic E-state index is -0.0444. The number of hydrogen-bond acceptors (Lipinski definition) is 3. The second-order valence-corrected chi connectivity index (χ2v) is 5.28. The average molecular weight is 230 g/mol. The van der Waals surface area contributed by atoms with E-state index in [0.29, 0.717) is 0 Å². The van der Waals surface area contributed by atoms with Crippen LogP contribution in [0, 0.1) is 0 Å². The molecule has 1 aromatic heterocycles. The second kappa shape index (κ2) is 3.55. The molecule has 17 heavy (non-hydrogen) atoms. The van der Waals surface area contributed by atoms with Crippen LogP contribution in [0.3, 0.4) is 0 Å². The van der Waals surface area contributed by atoms with Gasteiger partial charge in [-0.2, -0.15) is 0 Å². The molecule has 1 aromatic carbocycles. The van der Waals surface area contributed by atoms with Crippen molar-refractivity contribution in [2.45, 2.75) is 24.4 Å². The molecule has 1 aliphatic rings. The van der Waals surface area contributed by atoms with Gasteiger partial charge in [-0.05, 0) is 44.6 Å². The maximum absolute atomic E-state index is 6.38. The Morgan fingerprint density at radius 2 is 2.18 bits per heavy atom. The van der Waals surface area contributed by atoms with Crippen LogP contribution in [-0.4, -0.2) is 34.5 Å². The zero-order chi connectivity index (χ0) is 12.0. The topological polar surface area (TPSA) is 57.9 Å². The molecule has 4 nitrogen and oxygen atoms in total. The highest BCUT2D eigenvalue weighted by Gasteiger charge is 2.47. The van der Waals surface area contributed by atoms with Crippen LogP contribution in [0.25, 0.3) is 11.0 Å². The Balaban J connectivity index is 2.05. The molecule has 1 aliphatic carbocycles. The monoisotopic (exact) mass is 230 g/mol. The predicted molar refractivity (Wildman–Crippen MR) is 68.7 cm³/mol. The van der Waals surface area contributed by atoms with Crippen LogP contribution < -0.4 is 5.73 Å². The van der Waals surface area contributed by atoms with Crippen molar-refractivity contribution in [1.29, 1.82) is 0 Å². The number of nitrogens with zero attached hydrogens (tertiary/aromatic N) is 2. The van der Waals surface area contributed by atoms with Crippen molar-refractivity contribution in [3.8, 4) is 0 Å². The van der Waals surface area contributed by atoms with Crippen LogP contribution in [-0.2, 0) is 0 Å². The number of rotatable bonds is 3. The first kappa shape index (κ1) is 10.7. The van der Waals surface area contributed by atoms with Gasteiger partial charge in [0.2, 0.25) is 0 Å². The van der Waals surface area contributed by atoms with Crippen molar-refractivity contribution in [3.63, 3.8) is 0 Å². The fraction of sp³-hybridized carbons (Fsp3) is 0.462. The molecule has 0 bridgehead atoms. The lowest BCUT2D eigenvalue weighted by molar-refractivity contribution is 0.246. The number of benzene rings is 1. The highest BCUT2D eigenvalue weighted by atomic mass is 15.1. The largest absolute Gasteiger partial charge is 0.345 e. The summed E-state index contributed by atoms with van der Waals surface area (Å²) in [5.74, 6) is 0. The molecule has 0 radical (unpaired) electrons. The average Bonchev–Trinajstić information content (AvgIpc) is 2.84. The van der Waals surface area contributed by atoms with E-state index in [4.69, 9.17) is 5.73 Å². The Morgan fingerprint density at radius 3 is 2.82 bits per heavy atom. The molecule has 4 heteroatoms. The first-order valence-electron chi connectivity index (χ1n) is 5.98. The van der Waals surface area contributed by atoms with E-state index in [1.165, 1.54) is 5.56 Å². The van der Waals surface area contributed by atoms with Gasteiger partial charge in [0.05, 0.1) is 23.4 Å². The highest BCUT2D eigenvalue weighted by molar-refractivity contribution is 5.75. The van der Waals surface area contributed by atoms with E-state index in [1.807, 2.05) is 0 Å². The van der Waals surface area contributed by atoms with Gasteiger partial charge in [0.15, 0.2) is 0 Å². The minimum absolute atomic E-state index is 0.0444. The second-order valence-electron chi connectivity index (χ2n) is 5.28. The van der Waals surface area contributed by atoms with E-state index in [2.05, 4.69) is 47.2 Å². The summed E-state index contributed by atoms with van der Waals surface area (Å²) in [5.41, 5.74) is 9.69. The summed E-state index contributed by atoms with van der Waals surface area (Å²) >= 11 is 0. The number of hydrogen-bond donors (Lipinski definition) is 2. The molecular weight excluding hydrogens is 212 g/mol. The molecule has 1 atom stereocenters. The summed E-state index contributed by atoms with van der Waals surface area (Å²) in [4.78, 5) is 9.61. The van der Waals surface area contributed by atoms with E-state index in [0.717, 1.165) is 23.9 Å². The van der Waals surface area contributed by atoms with Crippen LogP contribution in [0.15, 0.2) is 24.5 Å². The summed E-state index contributed by atoms with van der Waals surface area (Å²) in [6.07, 6.45) is 3.95. The van der Waals surface area contributed by atoms with Crippen molar-refractivity contribution >= 4 is 11.0 Å². The van der Waals surface area contributed by atoms with Gasteiger partial charge < -0.3 is 15.6 Å². The molecule has 3 N–H and O–H groups in total. The number of nitrogens with one attached hydrogen (secondary N) is 1. The van der Waals surface area contributed by atoms with Gasteiger partial charge >= 0.3 is 0 Å². The Hall–Kier alpha value is -1.39. The molecule has 3 rings (SSSR count). The Morgan fingerprint density at radius 1 is 1.41 bits per heavy atom. The summed E-state index contributed by atoms with van der Waals surface area (Å²) in [6.45, 7) is 0. The first-order valence-corrected chi connectivity index (χ1v) is 5.98. The standard InChI is InChI=1S/C13H18N4/c1-17(2)12(13(14)5-6-13)9-3-4-10-11(7-9)16-8-15-10/h3-4,7-8,12H,5-6,14H2,1-2H3,(H,15,16). The van der Waals surface area contributed by atoms with Crippen LogP contribution in [0.4, 0.5) is 0 Å². The summed E-state index contributed by atoms with van der Waals surface area (Å²) in [6, 6.07) is 6.65. The van der Waals surface area contributed by atoms with Crippen LogP contribution in [0.1, 0.15) is 24.4 Å². The van der Waals surface area contributed by atoms with E-state index in [1.54, 1.807) is 6.33 Å². The fourth-order valence-corrected chi connectivity index (χ4v) is 2.69. The number of likely N-dealkylation sites (N-methyl/N-ethyl adjacent to an activating group) is 1. The maximum Gasteiger partial charge on any atom is 0.0931 e. The van der Waals surface area contributed by atoms with Crippen molar-refractivity contribution in [2.75, 3.05) is 14.1 Å².